The maximum atomic E-state index is 12.0. The topological polar surface area (TPSA) is 71.8 Å². The number of nitrogens with zero attached hydrogens (tertiary/aromatic N) is 3. The second-order valence-electron chi connectivity index (χ2n) is 7.04. The predicted molar refractivity (Wildman–Crippen MR) is 95.3 cm³/mol. The van der Waals surface area contributed by atoms with Gasteiger partial charge in [-0.15, -0.1) is 0 Å². The minimum atomic E-state index is 0.0414. The van der Waals surface area contributed by atoms with Gasteiger partial charge in [0.1, 0.15) is 5.82 Å². The van der Waals surface area contributed by atoms with E-state index in [0.717, 1.165) is 62.4 Å². The molecule has 1 amide bonds. The summed E-state index contributed by atoms with van der Waals surface area (Å²) >= 11 is 0. The van der Waals surface area contributed by atoms with Crippen LogP contribution in [-0.4, -0.2) is 32.8 Å². The third-order valence-electron chi connectivity index (χ3n) is 4.94. The van der Waals surface area contributed by atoms with Crippen LogP contribution in [0.3, 0.4) is 0 Å². The lowest BCUT2D eigenvalue weighted by atomic mass is 10.1. The maximum absolute atomic E-state index is 12.0. The molecule has 2 aromatic rings. The first kappa shape index (κ1) is 16.3. The fraction of sp³-hybridized carbons (Fsp3) is 0.526. The number of hydrogen-bond donors (Lipinski definition) is 2. The average Bonchev–Trinajstić information content (AvgIpc) is 3.35. The van der Waals surface area contributed by atoms with Crippen LogP contribution in [0.4, 0.5) is 0 Å². The minimum absolute atomic E-state index is 0.0414. The molecule has 1 aromatic heterocycles. The van der Waals surface area contributed by atoms with Crippen molar-refractivity contribution < 1.29 is 4.79 Å². The van der Waals surface area contributed by atoms with Crippen molar-refractivity contribution in [3.63, 3.8) is 0 Å². The molecule has 132 valence electrons. The molecule has 0 unspecified atom stereocenters. The summed E-state index contributed by atoms with van der Waals surface area (Å²) in [7, 11) is 0. The van der Waals surface area contributed by atoms with E-state index < -0.39 is 0 Å². The van der Waals surface area contributed by atoms with Gasteiger partial charge < -0.3 is 10.6 Å². The second kappa shape index (κ2) is 6.96. The molecule has 1 fully saturated rings. The van der Waals surface area contributed by atoms with Gasteiger partial charge in [0.05, 0.1) is 6.54 Å². The summed E-state index contributed by atoms with van der Waals surface area (Å²) < 4.78 is 2.05. The Morgan fingerprint density at radius 1 is 1.20 bits per heavy atom. The van der Waals surface area contributed by atoms with Crippen LogP contribution in [-0.2, 0) is 25.9 Å². The number of carbonyl (C=O) groups excluding carboxylic acids is 1. The van der Waals surface area contributed by atoms with E-state index in [0.29, 0.717) is 12.1 Å². The van der Waals surface area contributed by atoms with Gasteiger partial charge in [0, 0.05) is 37.0 Å². The molecule has 2 aliphatic rings. The van der Waals surface area contributed by atoms with Crippen molar-refractivity contribution in [1.82, 2.24) is 25.4 Å². The molecule has 2 N–H and O–H groups in total. The van der Waals surface area contributed by atoms with E-state index in [4.69, 9.17) is 0 Å². The zero-order valence-electron chi connectivity index (χ0n) is 14.7. The third-order valence-corrected chi connectivity index (χ3v) is 4.94. The molecule has 1 aromatic carbocycles. The first-order valence-electron chi connectivity index (χ1n) is 9.27. The molecule has 1 aliphatic heterocycles. The standard InChI is InChI=1S/C19H25N5O/c1-2-17-22-18-10-9-16(12-24(18)23-17)20-11-13-3-5-14(6-4-13)19(25)21-15-7-8-15/h3-6,15-16,20H,2,7-12H2,1H3,(H,21,25)/t16-/m1/s1. The van der Waals surface area contributed by atoms with Crippen LogP contribution in [0.2, 0.25) is 0 Å². The number of nitrogens with one attached hydrogen (secondary N) is 2. The van der Waals surface area contributed by atoms with Gasteiger partial charge in [-0.1, -0.05) is 19.1 Å². The van der Waals surface area contributed by atoms with E-state index >= 15 is 0 Å². The molecule has 0 bridgehead atoms. The first-order chi connectivity index (χ1) is 12.2. The van der Waals surface area contributed by atoms with Crippen LogP contribution in [0, 0.1) is 0 Å². The molecule has 4 rings (SSSR count). The van der Waals surface area contributed by atoms with Crippen molar-refractivity contribution >= 4 is 5.91 Å². The average molecular weight is 339 g/mol. The Hall–Kier alpha value is -2.21. The highest BCUT2D eigenvalue weighted by atomic mass is 16.1. The van der Waals surface area contributed by atoms with Crippen LogP contribution >= 0.6 is 0 Å². The largest absolute Gasteiger partial charge is 0.349 e. The number of aromatic nitrogens is 3. The van der Waals surface area contributed by atoms with E-state index in [9.17, 15) is 4.79 Å². The molecular weight excluding hydrogens is 314 g/mol. The fourth-order valence-corrected chi connectivity index (χ4v) is 3.21. The van der Waals surface area contributed by atoms with Crippen molar-refractivity contribution in [2.24, 2.45) is 0 Å². The van der Waals surface area contributed by atoms with E-state index in [1.54, 1.807) is 0 Å². The van der Waals surface area contributed by atoms with E-state index in [2.05, 4.69) is 27.6 Å². The molecule has 1 saturated carbocycles. The van der Waals surface area contributed by atoms with Crippen molar-refractivity contribution in [3.05, 3.63) is 47.0 Å². The molecule has 1 aliphatic carbocycles. The fourth-order valence-electron chi connectivity index (χ4n) is 3.21. The lowest BCUT2D eigenvalue weighted by Crippen LogP contribution is -2.37. The highest BCUT2D eigenvalue weighted by molar-refractivity contribution is 5.94. The number of carbonyl (C=O) groups is 1. The summed E-state index contributed by atoms with van der Waals surface area (Å²) in [5, 5.41) is 11.2. The summed E-state index contributed by atoms with van der Waals surface area (Å²) in [6, 6.07) is 8.71. The molecular formula is C19H25N5O. The van der Waals surface area contributed by atoms with Gasteiger partial charge in [-0.05, 0) is 37.0 Å². The number of benzene rings is 1. The quantitative estimate of drug-likeness (QED) is 0.842. The van der Waals surface area contributed by atoms with Crippen molar-refractivity contribution in [3.8, 4) is 0 Å². The number of amides is 1. The first-order valence-corrected chi connectivity index (χ1v) is 9.27. The van der Waals surface area contributed by atoms with Crippen molar-refractivity contribution in [2.45, 2.75) is 64.2 Å². The Morgan fingerprint density at radius 3 is 2.72 bits per heavy atom. The lowest BCUT2D eigenvalue weighted by molar-refractivity contribution is 0.0951. The number of hydrogen-bond acceptors (Lipinski definition) is 4. The monoisotopic (exact) mass is 339 g/mol. The van der Waals surface area contributed by atoms with Gasteiger partial charge in [0.2, 0.25) is 0 Å². The summed E-state index contributed by atoms with van der Waals surface area (Å²) in [4.78, 5) is 16.6. The highest BCUT2D eigenvalue weighted by Gasteiger charge is 2.24. The van der Waals surface area contributed by atoms with Gasteiger partial charge in [0.15, 0.2) is 5.82 Å². The van der Waals surface area contributed by atoms with E-state index in [1.165, 1.54) is 5.56 Å². The molecule has 25 heavy (non-hydrogen) atoms. The normalized spacial score (nSPS) is 19.5. The Balaban J connectivity index is 1.30. The lowest BCUT2D eigenvalue weighted by Gasteiger charge is -2.23. The van der Waals surface area contributed by atoms with Gasteiger partial charge in [-0.2, -0.15) is 5.10 Å². The van der Waals surface area contributed by atoms with Crippen LogP contribution < -0.4 is 10.6 Å². The molecule has 6 nitrogen and oxygen atoms in total. The molecule has 1 atom stereocenters. The predicted octanol–water partition coefficient (Wildman–Crippen LogP) is 1.84. The summed E-state index contributed by atoms with van der Waals surface area (Å²) in [6.45, 7) is 3.77. The van der Waals surface area contributed by atoms with E-state index in [1.807, 2.05) is 28.9 Å². The molecule has 6 heteroatoms. The molecule has 2 heterocycles. The van der Waals surface area contributed by atoms with Crippen LogP contribution in [0.15, 0.2) is 24.3 Å². The van der Waals surface area contributed by atoms with Crippen molar-refractivity contribution in [2.75, 3.05) is 0 Å². The smallest absolute Gasteiger partial charge is 0.251 e. The second-order valence-corrected chi connectivity index (χ2v) is 7.04. The Labute approximate surface area is 148 Å². The van der Waals surface area contributed by atoms with Gasteiger partial charge in [-0.25, -0.2) is 9.67 Å². The van der Waals surface area contributed by atoms with Crippen LogP contribution in [0.25, 0.3) is 0 Å². The number of rotatable bonds is 6. The molecule has 0 spiro atoms. The molecule has 0 saturated heterocycles. The Bertz CT molecular complexity index is 748. The zero-order chi connectivity index (χ0) is 17.2. The van der Waals surface area contributed by atoms with E-state index in [-0.39, 0.29) is 5.91 Å². The Morgan fingerprint density at radius 2 is 2.00 bits per heavy atom. The van der Waals surface area contributed by atoms with Gasteiger partial charge in [0.25, 0.3) is 5.91 Å². The van der Waals surface area contributed by atoms with Gasteiger partial charge >= 0.3 is 0 Å². The Kier molecular flexibility index (Phi) is 4.53. The summed E-state index contributed by atoms with van der Waals surface area (Å²) in [5.74, 6) is 2.09. The molecule has 0 radical (unpaired) electrons. The summed E-state index contributed by atoms with van der Waals surface area (Å²) in [5.41, 5.74) is 1.94. The maximum Gasteiger partial charge on any atom is 0.251 e. The zero-order valence-corrected chi connectivity index (χ0v) is 14.7. The number of aryl methyl sites for hydroxylation is 2. The van der Waals surface area contributed by atoms with Crippen LogP contribution in [0.1, 0.15) is 53.8 Å². The van der Waals surface area contributed by atoms with Crippen LogP contribution in [0.5, 0.6) is 0 Å². The van der Waals surface area contributed by atoms with Crippen molar-refractivity contribution in [1.29, 1.82) is 0 Å². The SMILES string of the molecule is CCc1nc2n(n1)C[C@H](NCc1ccc(C(=O)NC3CC3)cc1)CC2. The third kappa shape index (κ3) is 3.90. The van der Waals surface area contributed by atoms with Gasteiger partial charge in [-0.3, -0.25) is 4.79 Å². The summed E-state index contributed by atoms with van der Waals surface area (Å²) in [6.07, 6.45) is 5.18. The minimum Gasteiger partial charge on any atom is -0.349 e. The number of fused-ring (bicyclic) bond motifs is 1. The highest BCUT2D eigenvalue weighted by Crippen LogP contribution is 2.19.